The summed E-state index contributed by atoms with van der Waals surface area (Å²) in [6.45, 7) is 16.1. The van der Waals surface area contributed by atoms with Gasteiger partial charge in [-0.1, -0.05) is 68.5 Å². The van der Waals surface area contributed by atoms with E-state index in [2.05, 4.69) is 44.5 Å². The highest BCUT2D eigenvalue weighted by Crippen LogP contribution is 2.38. The predicted octanol–water partition coefficient (Wildman–Crippen LogP) is 6.17. The summed E-state index contributed by atoms with van der Waals surface area (Å²) in [6.07, 6.45) is -1.07. The molecule has 0 aliphatic carbocycles. The normalized spacial score (nSPS) is 11.0. The van der Waals surface area contributed by atoms with Gasteiger partial charge in [-0.2, -0.15) is 0 Å². The molecule has 3 nitrogen and oxygen atoms in total. The molecule has 0 saturated carbocycles. The first-order valence-electron chi connectivity index (χ1n) is 8.19. The Morgan fingerprint density at radius 1 is 1.00 bits per heavy atom. The molecule has 0 aromatic heterocycles. The van der Waals surface area contributed by atoms with Crippen molar-refractivity contribution in [1.82, 2.24) is 0 Å². The molecule has 0 heterocycles. The van der Waals surface area contributed by atoms with Gasteiger partial charge >= 0.3 is 6.09 Å². The van der Waals surface area contributed by atoms with Crippen LogP contribution in [-0.2, 0) is 5.41 Å². The van der Waals surface area contributed by atoms with Crippen molar-refractivity contribution in [2.45, 2.75) is 33.1 Å². The van der Waals surface area contributed by atoms with Crippen LogP contribution in [0.2, 0.25) is 0 Å². The van der Waals surface area contributed by atoms with Gasteiger partial charge in [-0.15, -0.1) is 0 Å². The van der Waals surface area contributed by atoms with Crippen molar-refractivity contribution < 1.29 is 9.90 Å². The highest BCUT2D eigenvalue weighted by Gasteiger charge is 2.27. The molecule has 0 aliphatic rings. The van der Waals surface area contributed by atoms with Crippen molar-refractivity contribution in [2.24, 2.45) is 0 Å². The molecule has 0 bridgehead atoms. The van der Waals surface area contributed by atoms with Gasteiger partial charge in [0.2, 0.25) is 0 Å². The number of rotatable bonds is 5. The van der Waals surface area contributed by atoms with Crippen LogP contribution in [0.25, 0.3) is 11.1 Å². The first-order chi connectivity index (χ1) is 11.6. The largest absolute Gasteiger partial charge is 0.465 e. The zero-order valence-corrected chi connectivity index (χ0v) is 15.3. The highest BCUT2D eigenvalue weighted by atomic mass is 16.4. The minimum atomic E-state index is -1.07. The third-order valence-electron chi connectivity index (χ3n) is 4.50. The summed E-state index contributed by atoms with van der Waals surface area (Å²) in [6, 6.07) is 13.9. The van der Waals surface area contributed by atoms with Crippen LogP contribution in [0, 0.1) is 0 Å². The Morgan fingerprint density at radius 3 is 2.16 bits per heavy atom. The topological polar surface area (TPSA) is 49.3 Å². The van der Waals surface area contributed by atoms with Gasteiger partial charge in [-0.3, -0.25) is 5.32 Å². The maximum atomic E-state index is 11.2. The number of anilines is 1. The number of hydrogen-bond acceptors (Lipinski definition) is 1. The lowest BCUT2D eigenvalue weighted by Gasteiger charge is -2.29. The Kier molecular flexibility index (Phi) is 5.17. The summed E-state index contributed by atoms with van der Waals surface area (Å²) in [5.74, 6) is 0. The fraction of sp³-hybridized carbons (Fsp3) is 0.227. The number of benzene rings is 2. The minimum absolute atomic E-state index is 0.394. The quantitative estimate of drug-likeness (QED) is 0.686. The van der Waals surface area contributed by atoms with E-state index in [9.17, 15) is 9.90 Å². The minimum Gasteiger partial charge on any atom is -0.465 e. The predicted molar refractivity (Wildman–Crippen MR) is 106 cm³/mol. The molecular weight excluding hydrogens is 310 g/mol. The second-order valence-electron chi connectivity index (χ2n) is 6.96. The average Bonchev–Trinajstić information content (AvgIpc) is 2.54. The van der Waals surface area contributed by atoms with Crippen LogP contribution >= 0.6 is 0 Å². The third-order valence-corrected chi connectivity index (χ3v) is 4.50. The first-order valence-corrected chi connectivity index (χ1v) is 8.19. The molecule has 0 atom stereocenters. The van der Waals surface area contributed by atoms with E-state index in [4.69, 9.17) is 0 Å². The van der Waals surface area contributed by atoms with Crippen molar-refractivity contribution in [3.8, 4) is 0 Å². The smallest absolute Gasteiger partial charge is 0.409 e. The molecule has 2 aromatic rings. The monoisotopic (exact) mass is 335 g/mol. The molecule has 130 valence electrons. The van der Waals surface area contributed by atoms with Gasteiger partial charge in [0.05, 0.1) is 0 Å². The van der Waals surface area contributed by atoms with E-state index < -0.39 is 11.5 Å². The molecular formula is C22H25NO2. The Labute approximate surface area is 149 Å². The zero-order chi connectivity index (χ0) is 18.8. The molecule has 2 aromatic carbocycles. The Morgan fingerprint density at radius 2 is 1.60 bits per heavy atom. The van der Waals surface area contributed by atoms with E-state index in [1.807, 2.05) is 38.1 Å². The summed E-state index contributed by atoms with van der Waals surface area (Å²) < 4.78 is 0. The van der Waals surface area contributed by atoms with Crippen LogP contribution < -0.4 is 5.32 Å². The molecule has 2 N–H and O–H groups in total. The van der Waals surface area contributed by atoms with Crippen LogP contribution in [-0.4, -0.2) is 11.2 Å². The zero-order valence-electron chi connectivity index (χ0n) is 15.3. The van der Waals surface area contributed by atoms with Gasteiger partial charge in [0, 0.05) is 11.1 Å². The van der Waals surface area contributed by atoms with Crippen molar-refractivity contribution >= 4 is 22.9 Å². The van der Waals surface area contributed by atoms with E-state index in [0.29, 0.717) is 5.69 Å². The van der Waals surface area contributed by atoms with Crippen LogP contribution in [0.15, 0.2) is 55.6 Å². The lowest BCUT2D eigenvalue weighted by atomic mass is 9.76. The van der Waals surface area contributed by atoms with Gasteiger partial charge in [-0.05, 0) is 48.2 Å². The third kappa shape index (κ3) is 4.00. The molecule has 0 unspecified atom stereocenters. The molecule has 1 amide bonds. The van der Waals surface area contributed by atoms with Gasteiger partial charge in [0.25, 0.3) is 0 Å². The lowest BCUT2D eigenvalue weighted by molar-refractivity contribution is 0.209. The first kappa shape index (κ1) is 18.5. The van der Waals surface area contributed by atoms with Gasteiger partial charge in [0.1, 0.15) is 0 Å². The SMILES string of the molecule is C=C(C)c1cccc(C(C)(C)c2cc(C(=C)C)ccc2NC(=O)O)c1. The van der Waals surface area contributed by atoms with Gasteiger partial charge in [-0.25, -0.2) is 4.79 Å². The maximum absolute atomic E-state index is 11.2. The summed E-state index contributed by atoms with van der Waals surface area (Å²) >= 11 is 0. The summed E-state index contributed by atoms with van der Waals surface area (Å²) in [5, 5.41) is 11.7. The van der Waals surface area contributed by atoms with E-state index >= 15 is 0 Å². The molecule has 0 aliphatic heterocycles. The van der Waals surface area contributed by atoms with Crippen molar-refractivity contribution in [1.29, 1.82) is 0 Å². The van der Waals surface area contributed by atoms with Crippen LogP contribution in [0.5, 0.6) is 0 Å². The van der Waals surface area contributed by atoms with Gasteiger partial charge < -0.3 is 5.11 Å². The molecule has 0 radical (unpaired) electrons. The molecule has 0 saturated heterocycles. The second-order valence-corrected chi connectivity index (χ2v) is 6.96. The number of amides is 1. The van der Waals surface area contributed by atoms with Crippen LogP contribution in [0.3, 0.4) is 0 Å². The van der Waals surface area contributed by atoms with Crippen molar-refractivity contribution in [2.75, 3.05) is 5.32 Å². The van der Waals surface area contributed by atoms with E-state index in [1.54, 1.807) is 6.07 Å². The molecule has 3 heteroatoms. The maximum Gasteiger partial charge on any atom is 0.409 e. The molecule has 25 heavy (non-hydrogen) atoms. The van der Waals surface area contributed by atoms with E-state index in [0.717, 1.165) is 33.4 Å². The molecule has 0 spiro atoms. The van der Waals surface area contributed by atoms with Crippen LogP contribution in [0.4, 0.5) is 10.5 Å². The molecule has 2 rings (SSSR count). The summed E-state index contributed by atoms with van der Waals surface area (Å²) in [5.41, 5.74) is 6.21. The molecule has 0 fully saturated rings. The van der Waals surface area contributed by atoms with Crippen molar-refractivity contribution in [3.63, 3.8) is 0 Å². The lowest BCUT2D eigenvalue weighted by Crippen LogP contribution is -2.22. The Bertz CT molecular complexity index is 847. The second kappa shape index (κ2) is 6.98. The van der Waals surface area contributed by atoms with E-state index in [-0.39, 0.29) is 0 Å². The number of carbonyl (C=O) groups is 1. The Balaban J connectivity index is 2.65. The van der Waals surface area contributed by atoms with Gasteiger partial charge in [0.15, 0.2) is 0 Å². The number of hydrogen-bond donors (Lipinski definition) is 2. The van der Waals surface area contributed by atoms with E-state index in [1.165, 1.54) is 0 Å². The Hall–Kier alpha value is -2.81. The van der Waals surface area contributed by atoms with Crippen molar-refractivity contribution in [3.05, 3.63) is 77.9 Å². The average molecular weight is 335 g/mol. The fourth-order valence-corrected chi connectivity index (χ4v) is 2.88. The van der Waals surface area contributed by atoms with Crippen LogP contribution in [0.1, 0.15) is 49.9 Å². The highest BCUT2D eigenvalue weighted by molar-refractivity contribution is 5.85. The standard InChI is InChI=1S/C22H25NO2/c1-14(2)16-8-7-9-18(12-16)22(5,6)19-13-17(15(3)4)10-11-20(19)23-21(24)25/h7-13,23H,1,3H2,2,4-6H3,(H,24,25). The number of nitrogens with one attached hydrogen (secondary N) is 1. The number of allylic oxidation sites excluding steroid dienone is 2. The fourth-order valence-electron chi connectivity index (χ4n) is 2.88. The summed E-state index contributed by atoms with van der Waals surface area (Å²) in [4.78, 5) is 11.2. The summed E-state index contributed by atoms with van der Waals surface area (Å²) in [7, 11) is 0. The number of carboxylic acid groups (broad SMARTS) is 1.